The van der Waals surface area contributed by atoms with E-state index in [4.69, 9.17) is 19.1 Å². The molecule has 39 heavy (non-hydrogen) atoms. The quantitative estimate of drug-likeness (QED) is 0.207. The van der Waals surface area contributed by atoms with Crippen molar-refractivity contribution in [2.24, 2.45) is 5.92 Å². The summed E-state index contributed by atoms with van der Waals surface area (Å²) in [6.07, 6.45) is 4.44. The van der Waals surface area contributed by atoms with Crippen LogP contribution in [-0.2, 0) is 0 Å². The predicted octanol–water partition coefficient (Wildman–Crippen LogP) is 8.56. The van der Waals surface area contributed by atoms with Crippen LogP contribution in [0.5, 0.6) is 11.8 Å². The molecule has 6 nitrogen and oxygen atoms in total. The van der Waals surface area contributed by atoms with Gasteiger partial charge < -0.3 is 14.3 Å². The molecule has 2 aromatic heterocycles. The Balaban J connectivity index is 1.53. The molecule has 6 aromatic rings. The lowest BCUT2D eigenvalue weighted by Gasteiger charge is -2.16. The zero-order valence-electron chi connectivity index (χ0n) is 22.2. The highest BCUT2D eigenvalue weighted by molar-refractivity contribution is 6.21. The van der Waals surface area contributed by atoms with Crippen LogP contribution in [0.2, 0.25) is 0 Å². The summed E-state index contributed by atoms with van der Waals surface area (Å²) in [5, 5.41) is 14.8. The Morgan fingerprint density at radius 2 is 1.46 bits per heavy atom. The van der Waals surface area contributed by atoms with E-state index in [0.29, 0.717) is 29.7 Å². The van der Waals surface area contributed by atoms with E-state index in [1.165, 1.54) is 0 Å². The Hall–Kier alpha value is -4.45. The maximum Gasteiger partial charge on any atom is 0.320 e. The number of hydrogen-bond acceptors (Lipinski definition) is 6. The first kappa shape index (κ1) is 24.9. The number of aromatic hydroxyl groups is 1. The van der Waals surface area contributed by atoms with Crippen LogP contribution in [0.15, 0.2) is 83.3 Å². The van der Waals surface area contributed by atoms with Gasteiger partial charge in [0.1, 0.15) is 16.9 Å². The maximum absolute atomic E-state index is 10.6. The van der Waals surface area contributed by atoms with Crippen LogP contribution >= 0.6 is 0 Å². The van der Waals surface area contributed by atoms with Crippen molar-refractivity contribution in [1.29, 1.82) is 0 Å². The number of furan rings is 1. The molecule has 0 saturated carbocycles. The van der Waals surface area contributed by atoms with Crippen molar-refractivity contribution < 1.29 is 14.3 Å². The molecule has 1 unspecified atom stereocenters. The van der Waals surface area contributed by atoms with E-state index in [1.54, 1.807) is 18.2 Å². The highest BCUT2D eigenvalue weighted by Crippen LogP contribution is 2.40. The van der Waals surface area contributed by atoms with E-state index in [-0.39, 0.29) is 11.8 Å². The molecular formula is C33H31N3O3. The summed E-state index contributed by atoms with van der Waals surface area (Å²) < 4.78 is 12.5. The molecule has 0 aliphatic rings. The molecule has 0 aliphatic heterocycles. The van der Waals surface area contributed by atoms with Crippen LogP contribution < -0.4 is 4.74 Å². The molecule has 196 valence electrons. The molecule has 0 spiro atoms. The first-order valence-electron chi connectivity index (χ1n) is 13.7. The van der Waals surface area contributed by atoms with Crippen LogP contribution in [0.25, 0.3) is 55.5 Å². The fourth-order valence-corrected chi connectivity index (χ4v) is 5.19. The number of hydrogen-bond donors (Lipinski definition) is 1. The number of para-hydroxylation sites is 2. The topological polar surface area (TPSA) is 81.3 Å². The van der Waals surface area contributed by atoms with Crippen molar-refractivity contribution >= 4 is 32.7 Å². The highest BCUT2D eigenvalue weighted by atomic mass is 16.5. The molecule has 0 amide bonds. The van der Waals surface area contributed by atoms with Gasteiger partial charge in [-0.2, -0.15) is 9.97 Å². The van der Waals surface area contributed by atoms with Crippen molar-refractivity contribution in [1.82, 2.24) is 15.0 Å². The Kier molecular flexibility index (Phi) is 6.84. The SMILES string of the molecule is CCCCC(CC)COc1nc(-c2ccccc2O)nc(-c2cc3oc4ccccc4c3c3ccccc23)n1. The van der Waals surface area contributed by atoms with Gasteiger partial charge >= 0.3 is 6.01 Å². The average molecular weight is 518 g/mol. The van der Waals surface area contributed by atoms with Gasteiger partial charge in [-0.05, 0) is 47.4 Å². The minimum absolute atomic E-state index is 0.104. The Morgan fingerprint density at radius 1 is 0.769 bits per heavy atom. The average Bonchev–Trinajstić information content (AvgIpc) is 3.36. The minimum atomic E-state index is 0.104. The number of aromatic nitrogens is 3. The smallest absolute Gasteiger partial charge is 0.320 e. The molecular weight excluding hydrogens is 486 g/mol. The second-order valence-corrected chi connectivity index (χ2v) is 9.95. The molecule has 0 fully saturated rings. The summed E-state index contributed by atoms with van der Waals surface area (Å²) in [6.45, 7) is 4.92. The van der Waals surface area contributed by atoms with Crippen molar-refractivity contribution in [3.63, 3.8) is 0 Å². The van der Waals surface area contributed by atoms with E-state index >= 15 is 0 Å². The molecule has 1 N–H and O–H groups in total. The van der Waals surface area contributed by atoms with Gasteiger partial charge in [0.15, 0.2) is 11.6 Å². The first-order valence-corrected chi connectivity index (χ1v) is 13.7. The van der Waals surface area contributed by atoms with Gasteiger partial charge in [0, 0.05) is 16.3 Å². The fraction of sp³-hybridized carbons (Fsp3) is 0.242. The van der Waals surface area contributed by atoms with E-state index < -0.39 is 0 Å². The largest absolute Gasteiger partial charge is 0.507 e. The summed E-state index contributed by atoms with van der Waals surface area (Å²) in [4.78, 5) is 14.3. The second kappa shape index (κ2) is 10.7. The lowest BCUT2D eigenvalue weighted by atomic mass is 9.98. The Labute approximate surface area is 227 Å². The number of nitrogens with zero attached hydrogens (tertiary/aromatic N) is 3. The predicted molar refractivity (Wildman–Crippen MR) is 156 cm³/mol. The second-order valence-electron chi connectivity index (χ2n) is 9.95. The van der Waals surface area contributed by atoms with Crippen LogP contribution in [0.1, 0.15) is 39.5 Å². The van der Waals surface area contributed by atoms with E-state index in [9.17, 15) is 5.11 Å². The summed E-state index contributed by atoms with van der Waals surface area (Å²) in [5.74, 6) is 1.36. The summed E-state index contributed by atoms with van der Waals surface area (Å²) in [6, 6.07) is 25.6. The summed E-state index contributed by atoms with van der Waals surface area (Å²) in [5.41, 5.74) is 2.95. The van der Waals surface area contributed by atoms with E-state index in [1.807, 2.05) is 42.5 Å². The minimum Gasteiger partial charge on any atom is -0.507 e. The molecule has 0 aliphatic carbocycles. The normalized spacial score (nSPS) is 12.4. The van der Waals surface area contributed by atoms with Gasteiger partial charge in [-0.3, -0.25) is 0 Å². The number of phenolic OH excluding ortho intramolecular Hbond substituents is 1. The number of rotatable bonds is 9. The number of fused-ring (bicyclic) bond motifs is 5. The lowest BCUT2D eigenvalue weighted by molar-refractivity contribution is 0.217. The summed E-state index contributed by atoms with van der Waals surface area (Å²) in [7, 11) is 0. The van der Waals surface area contributed by atoms with E-state index in [0.717, 1.165) is 64.0 Å². The van der Waals surface area contributed by atoms with Crippen LogP contribution in [0, 0.1) is 5.92 Å². The van der Waals surface area contributed by atoms with Crippen molar-refractivity contribution in [3.8, 4) is 34.5 Å². The number of benzene rings is 4. The Morgan fingerprint density at radius 3 is 2.23 bits per heavy atom. The third-order valence-corrected chi connectivity index (χ3v) is 7.38. The van der Waals surface area contributed by atoms with Crippen molar-refractivity contribution in [2.45, 2.75) is 39.5 Å². The van der Waals surface area contributed by atoms with E-state index in [2.05, 4.69) is 37.0 Å². The van der Waals surface area contributed by atoms with Crippen LogP contribution in [-0.4, -0.2) is 26.7 Å². The number of ether oxygens (including phenoxy) is 1. The molecule has 0 saturated heterocycles. The molecule has 0 bridgehead atoms. The van der Waals surface area contributed by atoms with Gasteiger partial charge in [0.25, 0.3) is 0 Å². The van der Waals surface area contributed by atoms with Gasteiger partial charge in [-0.1, -0.05) is 87.7 Å². The third kappa shape index (κ3) is 4.78. The highest BCUT2D eigenvalue weighted by Gasteiger charge is 2.20. The first-order chi connectivity index (χ1) is 19.2. The fourth-order valence-electron chi connectivity index (χ4n) is 5.19. The molecule has 6 rings (SSSR count). The molecule has 0 radical (unpaired) electrons. The van der Waals surface area contributed by atoms with Crippen LogP contribution in [0.3, 0.4) is 0 Å². The number of unbranched alkanes of at least 4 members (excludes halogenated alkanes) is 1. The molecule has 6 heteroatoms. The molecule has 4 aromatic carbocycles. The van der Waals surface area contributed by atoms with Crippen molar-refractivity contribution in [3.05, 3.63) is 78.9 Å². The molecule has 1 atom stereocenters. The van der Waals surface area contributed by atoms with Gasteiger partial charge in [-0.15, -0.1) is 0 Å². The standard InChI is InChI=1S/C33H31N3O3/c1-3-5-12-21(4-2)20-38-33-35-31(24-15-8-10-17-27(24)37)34-32(36-33)26-19-29-30(23-14-7-6-13-22(23)26)25-16-9-11-18-28(25)39-29/h6-11,13-19,21,37H,3-5,12,20H2,1-2H3. The third-order valence-electron chi connectivity index (χ3n) is 7.38. The number of phenols is 1. The van der Waals surface area contributed by atoms with Gasteiger partial charge in [-0.25, -0.2) is 4.98 Å². The van der Waals surface area contributed by atoms with Crippen molar-refractivity contribution in [2.75, 3.05) is 6.61 Å². The zero-order valence-corrected chi connectivity index (χ0v) is 22.2. The summed E-state index contributed by atoms with van der Waals surface area (Å²) >= 11 is 0. The van der Waals surface area contributed by atoms with Gasteiger partial charge in [0.05, 0.1) is 12.2 Å². The zero-order chi connectivity index (χ0) is 26.8. The Bertz CT molecular complexity index is 1780. The molecule has 2 heterocycles. The lowest BCUT2D eigenvalue weighted by Crippen LogP contribution is -2.13. The monoisotopic (exact) mass is 517 g/mol. The van der Waals surface area contributed by atoms with Crippen LogP contribution in [0.4, 0.5) is 0 Å². The van der Waals surface area contributed by atoms with Gasteiger partial charge in [0.2, 0.25) is 0 Å². The maximum atomic E-state index is 10.6.